The maximum Gasteiger partial charge on any atom is 0.233 e. The molecule has 1 fully saturated rings. The normalized spacial score (nSPS) is 17.2. The van der Waals surface area contributed by atoms with Crippen molar-refractivity contribution in [3.8, 4) is 0 Å². The van der Waals surface area contributed by atoms with Crippen molar-refractivity contribution in [2.45, 2.75) is 64.6 Å². The molecule has 118 valence electrons. The Morgan fingerprint density at radius 1 is 1.43 bits per heavy atom. The van der Waals surface area contributed by atoms with Crippen molar-refractivity contribution in [3.63, 3.8) is 0 Å². The zero-order valence-electron chi connectivity index (χ0n) is 13.0. The van der Waals surface area contributed by atoms with Gasteiger partial charge in [-0.2, -0.15) is 0 Å². The Hall–Kier alpha value is -1.86. The Balaban J connectivity index is 1.95. The Morgan fingerprint density at radius 2 is 2.14 bits per heavy atom. The third kappa shape index (κ3) is 4.57. The summed E-state index contributed by atoms with van der Waals surface area (Å²) in [6.45, 7) is 6.93. The van der Waals surface area contributed by atoms with Crippen LogP contribution in [-0.4, -0.2) is 43.2 Å². The van der Waals surface area contributed by atoms with Gasteiger partial charge in [0, 0.05) is 6.20 Å². The van der Waals surface area contributed by atoms with Crippen molar-refractivity contribution >= 4 is 0 Å². The first-order valence-electron chi connectivity index (χ1n) is 7.42. The lowest BCUT2D eigenvalue weighted by molar-refractivity contribution is -0.726. The van der Waals surface area contributed by atoms with Crippen molar-refractivity contribution < 1.29 is 9.81 Å². The highest BCUT2D eigenvalue weighted by Crippen LogP contribution is 2.21. The van der Waals surface area contributed by atoms with Crippen LogP contribution in [0.1, 0.15) is 46.5 Å². The molecule has 1 aromatic heterocycles. The molecule has 1 aliphatic rings. The molecular weight excluding hydrogens is 272 g/mol. The Labute approximate surface area is 124 Å². The van der Waals surface area contributed by atoms with Crippen LogP contribution in [0.4, 0.5) is 0 Å². The zero-order chi connectivity index (χ0) is 15.3. The molecule has 0 unspecified atom stereocenters. The lowest BCUT2D eigenvalue weighted by atomic mass is 10.1. The number of aromatic nitrogens is 3. The highest BCUT2D eigenvalue weighted by atomic mass is 16.7. The summed E-state index contributed by atoms with van der Waals surface area (Å²) in [7, 11) is 0. The van der Waals surface area contributed by atoms with Gasteiger partial charge in [-0.1, -0.05) is 5.21 Å². The van der Waals surface area contributed by atoms with Crippen LogP contribution in [0.3, 0.4) is 0 Å². The van der Waals surface area contributed by atoms with Gasteiger partial charge >= 0.3 is 0 Å². The van der Waals surface area contributed by atoms with Crippen LogP contribution in [0.2, 0.25) is 0 Å². The molecule has 0 aromatic carbocycles. The molecule has 8 heteroatoms. The van der Waals surface area contributed by atoms with E-state index in [-0.39, 0.29) is 11.6 Å². The molecule has 1 aromatic rings. The minimum absolute atomic E-state index is 0.0820. The summed E-state index contributed by atoms with van der Waals surface area (Å²) in [4.78, 5) is 5.90. The second kappa shape index (κ2) is 6.73. The highest BCUT2D eigenvalue weighted by molar-refractivity contribution is 4.70. The third-order valence-electron chi connectivity index (χ3n) is 3.56. The van der Waals surface area contributed by atoms with Gasteiger partial charge in [-0.15, -0.1) is 10.1 Å². The first-order chi connectivity index (χ1) is 9.97. The van der Waals surface area contributed by atoms with E-state index in [4.69, 9.17) is 4.84 Å². The molecule has 0 saturated heterocycles. The summed E-state index contributed by atoms with van der Waals surface area (Å²) < 4.78 is 1.68. The molecular formula is C13H24N6O2. The molecule has 0 N–H and O–H groups in total. The summed E-state index contributed by atoms with van der Waals surface area (Å²) in [5.74, 6) is 0. The van der Waals surface area contributed by atoms with E-state index in [9.17, 15) is 5.21 Å². The molecule has 2 rings (SSSR count). The van der Waals surface area contributed by atoms with Gasteiger partial charge in [-0.25, -0.2) is 0 Å². The molecule has 0 bridgehead atoms. The van der Waals surface area contributed by atoms with E-state index in [1.54, 1.807) is 22.1 Å². The molecule has 1 saturated carbocycles. The zero-order valence-corrected chi connectivity index (χ0v) is 13.0. The van der Waals surface area contributed by atoms with Gasteiger partial charge in [0.25, 0.3) is 0 Å². The van der Waals surface area contributed by atoms with Crippen molar-refractivity contribution in [2.75, 3.05) is 6.54 Å². The van der Waals surface area contributed by atoms with E-state index < -0.39 is 0 Å². The fraction of sp³-hybridized carbons (Fsp3) is 0.846. The van der Waals surface area contributed by atoms with Crippen LogP contribution in [0, 0.1) is 5.21 Å². The Morgan fingerprint density at radius 3 is 2.71 bits per heavy atom. The van der Waals surface area contributed by atoms with Crippen molar-refractivity contribution in [1.29, 1.82) is 0 Å². The van der Waals surface area contributed by atoms with E-state index in [1.165, 1.54) is 0 Å². The van der Waals surface area contributed by atoms with E-state index in [0.717, 1.165) is 25.7 Å². The van der Waals surface area contributed by atoms with E-state index >= 15 is 0 Å². The monoisotopic (exact) mass is 296 g/mol. The van der Waals surface area contributed by atoms with Gasteiger partial charge in [-0.3, -0.25) is 4.68 Å². The molecule has 0 atom stereocenters. The summed E-state index contributed by atoms with van der Waals surface area (Å²) in [6.07, 6.45) is 7.71. The van der Waals surface area contributed by atoms with Crippen molar-refractivity contribution in [1.82, 2.24) is 20.0 Å². The van der Waals surface area contributed by atoms with Crippen molar-refractivity contribution in [3.05, 3.63) is 17.6 Å². The van der Waals surface area contributed by atoms with Gasteiger partial charge in [0.05, 0.1) is 29.8 Å². The minimum Gasteiger partial charge on any atom is -0.569 e. The van der Waals surface area contributed by atoms with Gasteiger partial charge in [0.2, 0.25) is 5.28 Å². The molecule has 0 spiro atoms. The van der Waals surface area contributed by atoms with Gasteiger partial charge < -0.3 is 10.0 Å². The summed E-state index contributed by atoms with van der Waals surface area (Å²) in [6, 6.07) is 0. The van der Waals surface area contributed by atoms with Crippen molar-refractivity contribution in [2.24, 2.45) is 5.28 Å². The van der Waals surface area contributed by atoms with Gasteiger partial charge in [0.15, 0.2) is 0 Å². The van der Waals surface area contributed by atoms with Gasteiger partial charge in [-0.05, 0) is 46.5 Å². The van der Waals surface area contributed by atoms with E-state index in [0.29, 0.717) is 18.1 Å². The lowest BCUT2D eigenvalue weighted by Crippen LogP contribution is -2.47. The first-order valence-corrected chi connectivity index (χ1v) is 7.42. The standard InChI is InChI=1S/C13H24N6O2/c1-13(2,3)18(11-10-17-9-8-14-15-17)19(20)16-21-12-6-4-5-7-12/h8-9,12H,4-7,10-11H2,1-3H3/b19-16-. The van der Waals surface area contributed by atoms with Gasteiger partial charge in [0.1, 0.15) is 6.10 Å². The molecule has 1 aliphatic carbocycles. The predicted molar refractivity (Wildman–Crippen MR) is 75.9 cm³/mol. The topological polar surface area (TPSA) is 81.6 Å². The smallest absolute Gasteiger partial charge is 0.233 e. The average Bonchev–Trinajstić information content (AvgIpc) is 3.08. The lowest BCUT2D eigenvalue weighted by Gasteiger charge is -2.30. The summed E-state index contributed by atoms with van der Waals surface area (Å²) >= 11 is 0. The summed E-state index contributed by atoms with van der Waals surface area (Å²) in [5, 5.41) is 25.2. The average molecular weight is 296 g/mol. The van der Waals surface area contributed by atoms with Crippen LogP contribution in [0.25, 0.3) is 0 Å². The maximum atomic E-state index is 12.2. The maximum absolute atomic E-state index is 12.2. The SMILES string of the molecule is CC(C)(C)N(CCn1ccnn1)/[N+]([O-])=N/OC1CCCC1. The fourth-order valence-corrected chi connectivity index (χ4v) is 2.37. The van der Waals surface area contributed by atoms with Crippen LogP contribution in [-0.2, 0) is 11.4 Å². The molecule has 0 radical (unpaired) electrons. The first kappa shape index (κ1) is 15.5. The Kier molecular flexibility index (Phi) is 4.98. The number of hydrazine groups is 1. The quantitative estimate of drug-likeness (QED) is 0.456. The molecule has 0 amide bonds. The number of hydrogen-bond acceptors (Lipinski definition) is 5. The highest BCUT2D eigenvalue weighted by Gasteiger charge is 2.29. The van der Waals surface area contributed by atoms with Crippen LogP contribution in [0.15, 0.2) is 17.7 Å². The second-order valence-electron chi connectivity index (χ2n) is 6.31. The largest absolute Gasteiger partial charge is 0.569 e. The Bertz CT molecular complexity index is 448. The number of rotatable bonds is 6. The number of nitrogens with zero attached hydrogens (tertiary/aromatic N) is 6. The summed E-state index contributed by atoms with van der Waals surface area (Å²) in [5.41, 5.74) is -0.356. The van der Waals surface area contributed by atoms with E-state index in [1.807, 2.05) is 20.8 Å². The fourth-order valence-electron chi connectivity index (χ4n) is 2.37. The second-order valence-corrected chi connectivity index (χ2v) is 6.31. The van der Waals surface area contributed by atoms with Crippen LogP contribution < -0.4 is 0 Å². The molecule has 21 heavy (non-hydrogen) atoms. The van der Waals surface area contributed by atoms with Crippen LogP contribution in [0.5, 0.6) is 0 Å². The minimum atomic E-state index is -0.356. The number of hydrogen-bond donors (Lipinski definition) is 0. The molecule has 8 nitrogen and oxygen atoms in total. The van der Waals surface area contributed by atoms with E-state index in [2.05, 4.69) is 15.6 Å². The van der Waals surface area contributed by atoms with Crippen LogP contribution >= 0.6 is 0 Å². The predicted octanol–water partition coefficient (Wildman–Crippen LogP) is 2.13. The molecule has 1 heterocycles. The molecule has 0 aliphatic heterocycles. The third-order valence-corrected chi connectivity index (χ3v) is 3.56.